The Morgan fingerprint density at radius 1 is 1.36 bits per heavy atom. The molecule has 1 saturated carbocycles. The van der Waals surface area contributed by atoms with Crippen LogP contribution in [-0.4, -0.2) is 5.91 Å². The van der Waals surface area contributed by atoms with Crippen LogP contribution in [0.2, 0.25) is 0 Å². The predicted octanol–water partition coefficient (Wildman–Crippen LogP) is 2.55. The van der Waals surface area contributed by atoms with E-state index in [2.05, 4.69) is 19.1 Å². The van der Waals surface area contributed by atoms with Crippen LogP contribution in [0.25, 0.3) is 0 Å². The molecule has 0 bridgehead atoms. The number of primary amides is 1. The van der Waals surface area contributed by atoms with Gasteiger partial charge in [-0.1, -0.05) is 25.2 Å². The molecule has 1 aliphatic rings. The average molecular weight is 193 g/mol. The van der Waals surface area contributed by atoms with Gasteiger partial charge in [0.05, 0.1) is 0 Å². The molecule has 0 spiro atoms. The van der Waals surface area contributed by atoms with Crippen LogP contribution in [0.5, 0.6) is 0 Å². The Morgan fingerprint density at radius 3 is 2.57 bits per heavy atom. The maximum atomic E-state index is 11.0. The van der Waals surface area contributed by atoms with Crippen LogP contribution >= 0.6 is 0 Å². The van der Waals surface area contributed by atoms with E-state index in [0.29, 0.717) is 5.92 Å². The second kappa shape index (κ2) is 5.63. The van der Waals surface area contributed by atoms with Crippen molar-refractivity contribution in [1.82, 2.24) is 0 Å². The average Bonchev–Trinajstić information content (AvgIpc) is 2.94. The maximum Gasteiger partial charge on any atom is 0.244 e. The van der Waals surface area contributed by atoms with Gasteiger partial charge < -0.3 is 5.73 Å². The summed E-state index contributed by atoms with van der Waals surface area (Å²) in [4.78, 5) is 11.0. The van der Waals surface area contributed by atoms with Crippen LogP contribution in [0, 0.1) is 5.92 Å². The van der Waals surface area contributed by atoms with Gasteiger partial charge in [-0.3, -0.25) is 4.79 Å². The van der Waals surface area contributed by atoms with Gasteiger partial charge in [0.1, 0.15) is 0 Å². The monoisotopic (exact) mass is 193 g/mol. The molecule has 0 aromatic carbocycles. The highest BCUT2D eigenvalue weighted by atomic mass is 16.1. The molecule has 78 valence electrons. The molecule has 0 aliphatic heterocycles. The number of carbonyl (C=O) groups is 1. The first kappa shape index (κ1) is 11.0. The molecule has 0 radical (unpaired) electrons. The van der Waals surface area contributed by atoms with Gasteiger partial charge in [-0.15, -0.1) is 0 Å². The number of carbonyl (C=O) groups excluding carboxylic acids is 1. The molecule has 0 unspecified atom stereocenters. The highest BCUT2D eigenvalue weighted by Gasteiger charge is 2.28. The highest BCUT2D eigenvalue weighted by molar-refractivity contribution is 5.92. The van der Waals surface area contributed by atoms with E-state index in [9.17, 15) is 4.79 Å². The zero-order chi connectivity index (χ0) is 10.4. The molecular formula is C12H19NO. The molecule has 1 fully saturated rings. The van der Waals surface area contributed by atoms with Gasteiger partial charge >= 0.3 is 0 Å². The number of unbranched alkanes of at least 4 members (excludes halogenated alkanes) is 1. The SMILES string of the molecule is CCC=CCCC=C(C(N)=O)C1CC1. The molecule has 2 heteroatoms. The Kier molecular flexibility index (Phi) is 4.44. The Morgan fingerprint density at radius 2 is 2.07 bits per heavy atom. The van der Waals surface area contributed by atoms with Gasteiger partial charge in [0.15, 0.2) is 0 Å². The van der Waals surface area contributed by atoms with Crippen molar-refractivity contribution in [2.24, 2.45) is 11.7 Å². The van der Waals surface area contributed by atoms with Crippen LogP contribution in [0.3, 0.4) is 0 Å². The molecule has 1 rings (SSSR count). The molecule has 1 amide bonds. The van der Waals surface area contributed by atoms with E-state index in [1.165, 1.54) is 0 Å². The number of hydrogen-bond donors (Lipinski definition) is 1. The summed E-state index contributed by atoms with van der Waals surface area (Å²) >= 11 is 0. The topological polar surface area (TPSA) is 43.1 Å². The van der Waals surface area contributed by atoms with Gasteiger partial charge in [-0.2, -0.15) is 0 Å². The van der Waals surface area contributed by atoms with Crippen molar-refractivity contribution in [1.29, 1.82) is 0 Å². The van der Waals surface area contributed by atoms with E-state index in [1.54, 1.807) is 0 Å². The van der Waals surface area contributed by atoms with E-state index < -0.39 is 0 Å². The lowest BCUT2D eigenvalue weighted by atomic mass is 10.1. The van der Waals surface area contributed by atoms with Crippen molar-refractivity contribution in [2.45, 2.75) is 39.0 Å². The molecule has 2 N–H and O–H groups in total. The summed E-state index contributed by atoms with van der Waals surface area (Å²) in [7, 11) is 0. The fourth-order valence-electron chi connectivity index (χ4n) is 1.48. The first-order chi connectivity index (χ1) is 6.75. The summed E-state index contributed by atoms with van der Waals surface area (Å²) in [6, 6.07) is 0. The van der Waals surface area contributed by atoms with Gasteiger partial charge in [0.2, 0.25) is 5.91 Å². The van der Waals surface area contributed by atoms with Crippen LogP contribution in [-0.2, 0) is 4.79 Å². The summed E-state index contributed by atoms with van der Waals surface area (Å²) < 4.78 is 0. The Bertz CT molecular complexity index is 249. The predicted molar refractivity (Wildman–Crippen MR) is 58.7 cm³/mol. The molecule has 14 heavy (non-hydrogen) atoms. The van der Waals surface area contributed by atoms with E-state index in [1.807, 2.05) is 6.08 Å². The minimum Gasteiger partial charge on any atom is -0.366 e. The van der Waals surface area contributed by atoms with E-state index in [4.69, 9.17) is 5.73 Å². The van der Waals surface area contributed by atoms with Crippen molar-refractivity contribution >= 4 is 5.91 Å². The second-order valence-electron chi connectivity index (χ2n) is 3.75. The molecule has 0 saturated heterocycles. The second-order valence-corrected chi connectivity index (χ2v) is 3.75. The molecule has 1 aliphatic carbocycles. The summed E-state index contributed by atoms with van der Waals surface area (Å²) in [5.74, 6) is 0.245. The lowest BCUT2D eigenvalue weighted by Crippen LogP contribution is -2.15. The molecule has 0 atom stereocenters. The van der Waals surface area contributed by atoms with Crippen molar-refractivity contribution in [3.05, 3.63) is 23.8 Å². The zero-order valence-corrected chi connectivity index (χ0v) is 8.83. The minimum atomic E-state index is -0.230. The quantitative estimate of drug-likeness (QED) is 0.393. The van der Waals surface area contributed by atoms with Crippen LogP contribution < -0.4 is 5.73 Å². The van der Waals surface area contributed by atoms with Crippen LogP contribution in [0.1, 0.15) is 39.0 Å². The third kappa shape index (κ3) is 3.77. The van der Waals surface area contributed by atoms with Gasteiger partial charge in [0.25, 0.3) is 0 Å². The Hall–Kier alpha value is -1.05. The van der Waals surface area contributed by atoms with Crippen LogP contribution in [0.4, 0.5) is 0 Å². The lowest BCUT2D eigenvalue weighted by molar-refractivity contribution is -0.114. The maximum absolute atomic E-state index is 11.0. The first-order valence-electron chi connectivity index (χ1n) is 5.40. The van der Waals surface area contributed by atoms with Gasteiger partial charge in [-0.25, -0.2) is 0 Å². The fourth-order valence-corrected chi connectivity index (χ4v) is 1.48. The minimum absolute atomic E-state index is 0.230. The van der Waals surface area contributed by atoms with Crippen molar-refractivity contribution in [3.63, 3.8) is 0 Å². The third-order valence-corrected chi connectivity index (χ3v) is 2.40. The summed E-state index contributed by atoms with van der Waals surface area (Å²) in [5, 5.41) is 0. The number of rotatable bonds is 6. The number of allylic oxidation sites excluding steroid dienone is 3. The highest BCUT2D eigenvalue weighted by Crippen LogP contribution is 2.36. The Labute approximate surface area is 85.9 Å². The van der Waals surface area contributed by atoms with Crippen molar-refractivity contribution in [2.75, 3.05) is 0 Å². The standard InChI is InChI=1S/C12H19NO/c1-2-3-4-5-6-7-11(12(13)14)10-8-9-10/h3-4,7,10H,2,5-6,8-9H2,1H3,(H2,13,14). The zero-order valence-electron chi connectivity index (χ0n) is 8.83. The van der Waals surface area contributed by atoms with E-state index in [-0.39, 0.29) is 5.91 Å². The summed E-state index contributed by atoms with van der Waals surface area (Å²) in [6.45, 7) is 2.12. The van der Waals surface area contributed by atoms with Crippen molar-refractivity contribution < 1.29 is 4.79 Å². The van der Waals surface area contributed by atoms with Gasteiger partial charge in [-0.05, 0) is 38.0 Å². The molecular weight excluding hydrogens is 174 g/mol. The number of amides is 1. The summed E-state index contributed by atoms with van der Waals surface area (Å²) in [6.07, 6.45) is 11.6. The third-order valence-electron chi connectivity index (χ3n) is 2.40. The van der Waals surface area contributed by atoms with E-state index in [0.717, 1.165) is 37.7 Å². The van der Waals surface area contributed by atoms with Gasteiger partial charge in [0, 0.05) is 5.57 Å². The van der Waals surface area contributed by atoms with E-state index >= 15 is 0 Å². The Balaban J connectivity index is 2.32. The molecule has 0 heterocycles. The largest absolute Gasteiger partial charge is 0.366 e. The van der Waals surface area contributed by atoms with Crippen molar-refractivity contribution in [3.8, 4) is 0 Å². The number of nitrogens with two attached hydrogens (primary N) is 1. The lowest BCUT2D eigenvalue weighted by Gasteiger charge is -1.98. The molecule has 0 aromatic rings. The molecule has 0 aromatic heterocycles. The normalized spacial score (nSPS) is 17.6. The smallest absolute Gasteiger partial charge is 0.244 e. The first-order valence-corrected chi connectivity index (χ1v) is 5.40. The fraction of sp³-hybridized carbons (Fsp3) is 0.583. The van der Waals surface area contributed by atoms with Crippen LogP contribution in [0.15, 0.2) is 23.8 Å². The summed E-state index contributed by atoms with van der Waals surface area (Å²) in [5.41, 5.74) is 6.15. The number of hydrogen-bond acceptors (Lipinski definition) is 1. The molecule has 2 nitrogen and oxygen atoms in total.